The van der Waals surface area contributed by atoms with Gasteiger partial charge < -0.3 is 15.8 Å². The van der Waals surface area contributed by atoms with Crippen molar-refractivity contribution in [3.8, 4) is 0 Å². The van der Waals surface area contributed by atoms with Gasteiger partial charge in [-0.3, -0.25) is 9.59 Å². The molecule has 0 aliphatic rings. The average Bonchev–Trinajstić information content (AvgIpc) is 2.39. The molecule has 0 aliphatic carbocycles. The van der Waals surface area contributed by atoms with Crippen molar-refractivity contribution in [2.45, 2.75) is 12.8 Å². The van der Waals surface area contributed by atoms with Gasteiger partial charge in [-0.05, 0) is 18.6 Å². The first kappa shape index (κ1) is 15.6. The Balaban J connectivity index is 2.52. The Morgan fingerprint density at radius 3 is 2.42 bits per heavy atom. The number of carbonyl (C=O) groups excluding carboxylic acids is 2. The number of methoxy groups -OCH3 is 1. The molecule has 1 amide bonds. The van der Waals surface area contributed by atoms with Crippen molar-refractivity contribution < 1.29 is 14.3 Å². The van der Waals surface area contributed by atoms with Gasteiger partial charge in [0.1, 0.15) is 0 Å². The van der Waals surface area contributed by atoms with Crippen LogP contribution in [0.1, 0.15) is 23.2 Å². The van der Waals surface area contributed by atoms with E-state index in [1.165, 1.54) is 19.2 Å². The smallest absolute Gasteiger partial charge is 0.305 e. The lowest BCUT2D eigenvalue weighted by Crippen LogP contribution is -2.25. The Kier molecular flexibility index (Phi) is 5.92. The van der Waals surface area contributed by atoms with Crippen LogP contribution in [-0.2, 0) is 9.53 Å². The van der Waals surface area contributed by atoms with E-state index in [1.54, 1.807) is 0 Å². The summed E-state index contributed by atoms with van der Waals surface area (Å²) in [4.78, 5) is 22.7. The van der Waals surface area contributed by atoms with E-state index < -0.39 is 0 Å². The number of amides is 1. The largest absolute Gasteiger partial charge is 0.469 e. The van der Waals surface area contributed by atoms with Crippen molar-refractivity contribution in [2.24, 2.45) is 0 Å². The van der Waals surface area contributed by atoms with Crippen LogP contribution in [0.25, 0.3) is 0 Å². The quantitative estimate of drug-likeness (QED) is 0.497. The van der Waals surface area contributed by atoms with Crippen molar-refractivity contribution in [3.05, 3.63) is 27.7 Å². The van der Waals surface area contributed by atoms with Crippen molar-refractivity contribution >= 4 is 40.8 Å². The number of benzene rings is 1. The van der Waals surface area contributed by atoms with Crippen molar-refractivity contribution in [2.75, 3.05) is 19.4 Å². The van der Waals surface area contributed by atoms with Crippen LogP contribution >= 0.6 is 23.2 Å². The maximum Gasteiger partial charge on any atom is 0.305 e. The Labute approximate surface area is 121 Å². The third-order valence-corrected chi connectivity index (χ3v) is 3.04. The molecule has 1 rings (SSSR count). The van der Waals surface area contributed by atoms with Crippen molar-refractivity contribution in [1.82, 2.24) is 5.32 Å². The lowest BCUT2D eigenvalue weighted by atomic mass is 10.2. The molecule has 0 aromatic heterocycles. The first-order chi connectivity index (χ1) is 8.95. The number of esters is 1. The summed E-state index contributed by atoms with van der Waals surface area (Å²) in [5.74, 6) is -0.638. The van der Waals surface area contributed by atoms with E-state index >= 15 is 0 Å². The Morgan fingerprint density at radius 1 is 1.32 bits per heavy atom. The summed E-state index contributed by atoms with van der Waals surface area (Å²) in [6, 6.07) is 2.89. The first-order valence-corrected chi connectivity index (χ1v) is 6.30. The van der Waals surface area contributed by atoms with Crippen LogP contribution < -0.4 is 11.1 Å². The molecule has 5 nitrogen and oxygen atoms in total. The van der Waals surface area contributed by atoms with Crippen LogP contribution in [0.2, 0.25) is 10.0 Å². The zero-order chi connectivity index (χ0) is 14.4. The molecule has 0 radical (unpaired) electrons. The number of hydrogen-bond acceptors (Lipinski definition) is 4. The van der Waals surface area contributed by atoms with Gasteiger partial charge in [0.05, 0.1) is 22.8 Å². The van der Waals surface area contributed by atoms with Gasteiger partial charge >= 0.3 is 5.97 Å². The van der Waals surface area contributed by atoms with Gasteiger partial charge in [0.15, 0.2) is 0 Å². The van der Waals surface area contributed by atoms with Crippen molar-refractivity contribution in [1.29, 1.82) is 0 Å². The van der Waals surface area contributed by atoms with Crippen molar-refractivity contribution in [3.63, 3.8) is 0 Å². The third-order valence-electron chi connectivity index (χ3n) is 2.41. The second-order valence-corrected chi connectivity index (χ2v) is 4.60. The Morgan fingerprint density at radius 2 is 1.89 bits per heavy atom. The van der Waals surface area contributed by atoms with Gasteiger partial charge in [-0.25, -0.2) is 0 Å². The minimum atomic E-state index is -0.325. The number of rotatable bonds is 5. The molecule has 0 saturated heterocycles. The molecule has 104 valence electrons. The summed E-state index contributed by atoms with van der Waals surface area (Å²) in [5, 5.41) is 3.11. The number of nitrogens with two attached hydrogens (primary N) is 1. The van der Waals surface area contributed by atoms with E-state index in [2.05, 4.69) is 10.1 Å². The highest BCUT2D eigenvalue weighted by molar-refractivity contribution is 6.39. The van der Waals surface area contributed by atoms with E-state index in [4.69, 9.17) is 28.9 Å². The summed E-state index contributed by atoms with van der Waals surface area (Å²) in [5.41, 5.74) is 6.14. The number of hydrogen-bond donors (Lipinski definition) is 2. The van der Waals surface area contributed by atoms with Gasteiger partial charge in [-0.2, -0.15) is 0 Å². The number of ether oxygens (including phenoxy) is 1. The molecule has 0 aliphatic heterocycles. The van der Waals surface area contributed by atoms with Gasteiger partial charge in [-0.15, -0.1) is 0 Å². The fourth-order valence-electron chi connectivity index (χ4n) is 1.35. The fraction of sp³-hybridized carbons (Fsp3) is 0.333. The van der Waals surface area contributed by atoms with Gasteiger partial charge in [0.2, 0.25) is 0 Å². The summed E-state index contributed by atoms with van der Waals surface area (Å²) >= 11 is 11.7. The SMILES string of the molecule is COC(=O)CCCNC(=O)c1cc(Cl)c(N)c(Cl)c1. The van der Waals surface area contributed by atoms with Crippen LogP contribution in [0, 0.1) is 0 Å². The minimum absolute atomic E-state index is 0.229. The van der Waals surface area contributed by atoms with E-state index in [0.717, 1.165) is 0 Å². The van der Waals surface area contributed by atoms with Crippen LogP contribution in [0.5, 0.6) is 0 Å². The molecule has 0 saturated carbocycles. The topological polar surface area (TPSA) is 81.4 Å². The number of carbonyl (C=O) groups is 2. The summed E-state index contributed by atoms with van der Waals surface area (Å²) in [6.07, 6.45) is 0.745. The predicted octanol–water partition coefficient (Wildman–Crippen LogP) is 2.26. The molecule has 3 N–H and O–H groups in total. The van der Waals surface area contributed by atoms with Gasteiger partial charge in [0.25, 0.3) is 5.91 Å². The molecule has 0 heterocycles. The number of halogens is 2. The lowest BCUT2D eigenvalue weighted by molar-refractivity contribution is -0.140. The second kappa shape index (κ2) is 7.21. The molecule has 0 spiro atoms. The molecule has 7 heteroatoms. The Hall–Kier alpha value is -1.46. The molecule has 0 atom stereocenters. The summed E-state index contributed by atoms with van der Waals surface area (Å²) in [6.45, 7) is 0.355. The van der Waals surface area contributed by atoms with Gasteiger partial charge in [-0.1, -0.05) is 23.2 Å². The van der Waals surface area contributed by atoms with Crippen LogP contribution in [-0.4, -0.2) is 25.5 Å². The maximum absolute atomic E-state index is 11.8. The zero-order valence-electron chi connectivity index (χ0n) is 10.3. The highest BCUT2D eigenvalue weighted by atomic mass is 35.5. The van der Waals surface area contributed by atoms with E-state index in [1.807, 2.05) is 0 Å². The zero-order valence-corrected chi connectivity index (χ0v) is 11.8. The van der Waals surface area contributed by atoms with Crippen LogP contribution in [0.15, 0.2) is 12.1 Å². The molecular weight excluding hydrogens is 291 g/mol. The fourth-order valence-corrected chi connectivity index (χ4v) is 1.84. The predicted molar refractivity (Wildman–Crippen MR) is 74.5 cm³/mol. The summed E-state index contributed by atoms with van der Waals surface area (Å²) < 4.78 is 4.49. The number of nitrogens with one attached hydrogen (secondary N) is 1. The normalized spacial score (nSPS) is 10.1. The van der Waals surface area contributed by atoms with E-state index in [-0.39, 0.29) is 34.0 Å². The molecule has 1 aromatic carbocycles. The Bertz CT molecular complexity index is 469. The molecule has 1 aromatic rings. The highest BCUT2D eigenvalue weighted by Gasteiger charge is 2.11. The monoisotopic (exact) mass is 304 g/mol. The highest BCUT2D eigenvalue weighted by Crippen LogP contribution is 2.28. The minimum Gasteiger partial charge on any atom is -0.469 e. The third kappa shape index (κ3) is 4.61. The van der Waals surface area contributed by atoms with E-state index in [0.29, 0.717) is 18.5 Å². The van der Waals surface area contributed by atoms with Crippen LogP contribution in [0.3, 0.4) is 0 Å². The first-order valence-electron chi connectivity index (χ1n) is 5.55. The molecule has 0 bridgehead atoms. The molecule has 0 fully saturated rings. The number of nitrogen functional groups attached to an aromatic ring is 1. The molecule has 0 unspecified atom stereocenters. The molecule has 19 heavy (non-hydrogen) atoms. The lowest BCUT2D eigenvalue weighted by Gasteiger charge is -2.07. The average molecular weight is 305 g/mol. The molecular formula is C12H14Cl2N2O3. The summed E-state index contributed by atoms with van der Waals surface area (Å²) in [7, 11) is 1.32. The second-order valence-electron chi connectivity index (χ2n) is 3.79. The maximum atomic E-state index is 11.8. The van der Waals surface area contributed by atoms with E-state index in [9.17, 15) is 9.59 Å². The number of anilines is 1. The standard InChI is InChI=1S/C12H14Cl2N2O3/c1-19-10(17)3-2-4-16-12(18)7-5-8(13)11(15)9(14)6-7/h5-6H,2-4,15H2,1H3,(H,16,18). The van der Waals surface area contributed by atoms with Crippen LogP contribution in [0.4, 0.5) is 5.69 Å². The van der Waals surface area contributed by atoms with Gasteiger partial charge in [0, 0.05) is 18.5 Å².